The number of methoxy groups -OCH3 is 2. The van der Waals surface area contributed by atoms with Crippen molar-refractivity contribution in [2.45, 2.75) is 31.5 Å². The fourth-order valence-corrected chi connectivity index (χ4v) is 3.63. The van der Waals surface area contributed by atoms with Gasteiger partial charge in [-0.05, 0) is 18.8 Å². The van der Waals surface area contributed by atoms with Crippen LogP contribution in [0.5, 0.6) is 11.5 Å². The number of hydrogen-bond donors (Lipinski definition) is 2. The summed E-state index contributed by atoms with van der Waals surface area (Å²) in [6.45, 7) is 2.31. The molecule has 1 saturated carbocycles. The Kier molecular flexibility index (Phi) is 7.42. The van der Waals surface area contributed by atoms with Crippen LogP contribution >= 0.6 is 0 Å². The minimum absolute atomic E-state index is 0.225. The zero-order valence-electron chi connectivity index (χ0n) is 14.6. The third-order valence-corrected chi connectivity index (χ3v) is 4.73. The minimum Gasteiger partial charge on any atom is -0.493 e. The number of morpholine rings is 1. The Morgan fingerprint density at radius 1 is 1.40 bits per heavy atom. The highest BCUT2D eigenvalue weighted by molar-refractivity contribution is 5.42. The first kappa shape index (κ1) is 19.4. The molecule has 2 aliphatic rings. The number of hydrogen-bond acceptors (Lipinski definition) is 7. The molecule has 2 N–H and O–H groups in total. The lowest BCUT2D eigenvalue weighted by atomic mass is 10.1. The highest BCUT2D eigenvalue weighted by Crippen LogP contribution is 2.36. The van der Waals surface area contributed by atoms with E-state index < -0.39 is 0 Å². The van der Waals surface area contributed by atoms with Gasteiger partial charge in [-0.3, -0.25) is 14.7 Å². The quantitative estimate of drug-likeness (QED) is 0.748. The summed E-state index contributed by atoms with van der Waals surface area (Å²) in [6.07, 6.45) is 3.90. The van der Waals surface area contributed by atoms with Crippen LogP contribution in [0.3, 0.4) is 0 Å². The Morgan fingerprint density at radius 3 is 2.80 bits per heavy atom. The van der Waals surface area contributed by atoms with Crippen LogP contribution in [0.2, 0.25) is 0 Å². The van der Waals surface area contributed by atoms with E-state index in [0.29, 0.717) is 30.0 Å². The van der Waals surface area contributed by atoms with E-state index in [4.69, 9.17) is 24.1 Å². The lowest BCUT2D eigenvalue weighted by Gasteiger charge is -2.37. The normalized spacial score (nSPS) is 25.5. The molecule has 140 valence electrons. The largest absolute Gasteiger partial charge is 0.493 e. The van der Waals surface area contributed by atoms with Crippen molar-refractivity contribution in [3.8, 4) is 11.5 Å². The molecule has 0 spiro atoms. The van der Waals surface area contributed by atoms with Crippen LogP contribution in [0.15, 0.2) is 12.3 Å². The molecule has 0 radical (unpaired) electrons. The van der Waals surface area contributed by atoms with Gasteiger partial charge in [0.05, 0.1) is 26.9 Å². The molecule has 2 fully saturated rings. The maximum atomic E-state index is 9.42. The van der Waals surface area contributed by atoms with Gasteiger partial charge in [0.25, 0.3) is 6.47 Å². The molecule has 1 aliphatic carbocycles. The maximum Gasteiger partial charge on any atom is 0.290 e. The summed E-state index contributed by atoms with van der Waals surface area (Å²) in [6, 6.07) is 2.16. The number of aromatic nitrogens is 1. The average Bonchev–Trinajstić information content (AvgIpc) is 3.06. The first-order chi connectivity index (χ1) is 12.2. The predicted octanol–water partition coefficient (Wildman–Crippen LogP) is 0.771. The van der Waals surface area contributed by atoms with Gasteiger partial charge in [0.2, 0.25) is 0 Å². The second-order valence-corrected chi connectivity index (χ2v) is 6.07. The van der Waals surface area contributed by atoms with Gasteiger partial charge in [0.1, 0.15) is 5.69 Å². The van der Waals surface area contributed by atoms with Crippen molar-refractivity contribution >= 4 is 6.47 Å². The second kappa shape index (κ2) is 9.55. The fourth-order valence-electron chi connectivity index (χ4n) is 3.63. The van der Waals surface area contributed by atoms with Gasteiger partial charge < -0.3 is 24.4 Å². The van der Waals surface area contributed by atoms with E-state index in [1.54, 1.807) is 20.4 Å². The van der Waals surface area contributed by atoms with Crippen molar-refractivity contribution in [1.29, 1.82) is 0 Å². The number of nitrogens with zero attached hydrogens (tertiary/aromatic N) is 2. The van der Waals surface area contributed by atoms with E-state index >= 15 is 0 Å². The van der Waals surface area contributed by atoms with Gasteiger partial charge in [0.15, 0.2) is 11.5 Å². The summed E-state index contributed by atoms with van der Waals surface area (Å²) in [5.41, 5.74) is 0.884. The lowest BCUT2D eigenvalue weighted by Crippen LogP contribution is -2.48. The van der Waals surface area contributed by atoms with Crippen molar-refractivity contribution in [3.05, 3.63) is 18.0 Å². The topological polar surface area (TPSA) is 101 Å². The number of aliphatic hydroxyl groups excluding tert-OH is 1. The molecule has 1 aromatic rings. The molecule has 1 saturated heterocycles. The third kappa shape index (κ3) is 4.59. The summed E-state index contributed by atoms with van der Waals surface area (Å²) < 4.78 is 16.7. The Balaban J connectivity index is 0.000000701. The van der Waals surface area contributed by atoms with Crippen LogP contribution in [0.25, 0.3) is 0 Å². The molecule has 3 rings (SSSR count). The van der Waals surface area contributed by atoms with Crippen molar-refractivity contribution in [2.24, 2.45) is 5.92 Å². The van der Waals surface area contributed by atoms with Crippen LogP contribution in [-0.4, -0.2) is 72.7 Å². The first-order valence-corrected chi connectivity index (χ1v) is 8.28. The highest BCUT2D eigenvalue weighted by Gasteiger charge is 2.41. The molecule has 3 atom stereocenters. The van der Waals surface area contributed by atoms with Gasteiger partial charge in [-0.1, -0.05) is 0 Å². The van der Waals surface area contributed by atoms with Crippen molar-refractivity contribution in [2.75, 3.05) is 34.0 Å². The number of ether oxygens (including phenoxy) is 3. The SMILES string of the molecule is COc1ccnc(CN2CCOC3C[C@H](CO)C[C@@H]32)c1OC.O=CO. The summed E-state index contributed by atoms with van der Waals surface area (Å²) in [4.78, 5) is 15.2. The Morgan fingerprint density at radius 2 is 2.16 bits per heavy atom. The number of carbonyl (C=O) groups is 1. The van der Waals surface area contributed by atoms with E-state index in [1.807, 2.05) is 6.07 Å². The fraction of sp³-hybridized carbons (Fsp3) is 0.647. The molecule has 0 bridgehead atoms. The zero-order chi connectivity index (χ0) is 18.2. The predicted molar refractivity (Wildman–Crippen MR) is 89.8 cm³/mol. The molecule has 8 nitrogen and oxygen atoms in total. The van der Waals surface area contributed by atoms with Gasteiger partial charge in [-0.15, -0.1) is 0 Å². The molecular formula is C17H26N2O6. The number of aliphatic hydroxyl groups is 1. The minimum atomic E-state index is -0.250. The smallest absolute Gasteiger partial charge is 0.290 e. The average molecular weight is 354 g/mol. The molecule has 0 aromatic carbocycles. The van der Waals surface area contributed by atoms with Gasteiger partial charge in [0, 0.05) is 38.0 Å². The van der Waals surface area contributed by atoms with Crippen molar-refractivity contribution < 1.29 is 29.2 Å². The van der Waals surface area contributed by atoms with Gasteiger partial charge in [-0.25, -0.2) is 0 Å². The number of carboxylic acid groups (broad SMARTS) is 1. The van der Waals surface area contributed by atoms with Crippen LogP contribution in [0, 0.1) is 5.92 Å². The van der Waals surface area contributed by atoms with E-state index in [2.05, 4.69) is 9.88 Å². The summed E-state index contributed by atoms with van der Waals surface area (Å²) >= 11 is 0. The van der Waals surface area contributed by atoms with Crippen LogP contribution in [0.1, 0.15) is 18.5 Å². The van der Waals surface area contributed by atoms with Crippen molar-refractivity contribution in [3.63, 3.8) is 0 Å². The summed E-state index contributed by atoms with van der Waals surface area (Å²) in [7, 11) is 3.28. The maximum absolute atomic E-state index is 9.42. The Hall–Kier alpha value is -1.90. The third-order valence-electron chi connectivity index (χ3n) is 4.73. The van der Waals surface area contributed by atoms with Gasteiger partial charge >= 0.3 is 0 Å². The zero-order valence-corrected chi connectivity index (χ0v) is 14.6. The van der Waals surface area contributed by atoms with Crippen LogP contribution in [-0.2, 0) is 16.1 Å². The Bertz CT molecular complexity index is 556. The first-order valence-electron chi connectivity index (χ1n) is 8.28. The number of pyridine rings is 1. The Labute approximate surface area is 147 Å². The van der Waals surface area contributed by atoms with E-state index in [-0.39, 0.29) is 19.2 Å². The second-order valence-electron chi connectivity index (χ2n) is 6.07. The molecule has 0 amide bonds. The number of rotatable bonds is 5. The van der Waals surface area contributed by atoms with Crippen LogP contribution in [0.4, 0.5) is 0 Å². The van der Waals surface area contributed by atoms with Crippen LogP contribution < -0.4 is 9.47 Å². The van der Waals surface area contributed by atoms with E-state index in [1.165, 1.54) is 0 Å². The molecule has 25 heavy (non-hydrogen) atoms. The molecular weight excluding hydrogens is 328 g/mol. The van der Waals surface area contributed by atoms with E-state index in [9.17, 15) is 5.11 Å². The standard InChI is InChI=1S/C16H24N2O4.CH2O2/c1-20-14-3-4-17-12(16(14)21-2)9-18-5-6-22-15-8-11(10-19)7-13(15)18;2-1-3/h3-4,11,13,15,19H,5-10H2,1-2H3;1H,(H,2,3)/t11-,13+,15?;/m1./s1. The lowest BCUT2D eigenvalue weighted by molar-refractivity contribution is -0.122. The van der Waals surface area contributed by atoms with E-state index in [0.717, 1.165) is 31.7 Å². The molecule has 1 aliphatic heterocycles. The van der Waals surface area contributed by atoms with Gasteiger partial charge in [-0.2, -0.15) is 0 Å². The monoisotopic (exact) mass is 354 g/mol. The molecule has 8 heteroatoms. The highest BCUT2D eigenvalue weighted by atomic mass is 16.5. The molecule has 1 unspecified atom stereocenters. The molecule has 1 aromatic heterocycles. The molecule has 2 heterocycles. The number of fused-ring (bicyclic) bond motifs is 1. The van der Waals surface area contributed by atoms with Crippen molar-refractivity contribution in [1.82, 2.24) is 9.88 Å². The summed E-state index contributed by atoms with van der Waals surface area (Å²) in [5, 5.41) is 16.3. The summed E-state index contributed by atoms with van der Waals surface area (Å²) in [5.74, 6) is 1.75.